The van der Waals surface area contributed by atoms with Crippen LogP contribution in [-0.2, 0) is 14.2 Å². The van der Waals surface area contributed by atoms with Crippen LogP contribution in [0, 0.1) is 0 Å². The quantitative estimate of drug-likeness (QED) is 0.365. The van der Waals surface area contributed by atoms with Crippen LogP contribution in [0.2, 0.25) is 0 Å². The topological polar surface area (TPSA) is 89.6 Å². The Morgan fingerprint density at radius 3 is 2.46 bits per heavy atom. The van der Waals surface area contributed by atoms with Crippen molar-refractivity contribution in [2.45, 2.75) is 26.4 Å². The predicted molar refractivity (Wildman–Crippen MR) is 104 cm³/mol. The van der Waals surface area contributed by atoms with Gasteiger partial charge in [-0.05, 0) is 20.8 Å². The second kappa shape index (κ2) is 11.7. The minimum Gasteiger partial charge on any atom is -0.444 e. The molecule has 9 heteroatoms. The number of carbonyl (C=O) groups excluding carboxylic acids is 1. The number of guanidine groups is 1. The van der Waals surface area contributed by atoms with Gasteiger partial charge in [0, 0.05) is 33.3 Å². The molecule has 2 N–H and O–H groups in total. The van der Waals surface area contributed by atoms with Crippen LogP contribution in [0.1, 0.15) is 20.8 Å². The van der Waals surface area contributed by atoms with Crippen molar-refractivity contribution >= 4 is 36.0 Å². The molecule has 24 heavy (non-hydrogen) atoms. The Kier molecular flexibility index (Phi) is 11.3. The van der Waals surface area contributed by atoms with Gasteiger partial charge in [0.1, 0.15) is 5.60 Å². The van der Waals surface area contributed by atoms with E-state index in [2.05, 4.69) is 4.99 Å². The zero-order valence-corrected chi connectivity index (χ0v) is 17.4. The molecule has 1 aliphatic rings. The van der Waals surface area contributed by atoms with Gasteiger partial charge < -0.3 is 29.7 Å². The standard InChI is InChI=1S/C15H30N4O4.HI/c1-15(2,3)23-14(20)19(7-10-21-4)6-5-17-13(16)18-8-11-22-12-9-18;/h5-12H2,1-4H3,(H2,16,17);1H. The number of nitrogens with zero attached hydrogens (tertiary/aromatic N) is 3. The van der Waals surface area contributed by atoms with Gasteiger partial charge in [-0.3, -0.25) is 4.99 Å². The molecule has 0 aromatic heterocycles. The van der Waals surface area contributed by atoms with Crippen molar-refractivity contribution in [3.8, 4) is 0 Å². The van der Waals surface area contributed by atoms with E-state index in [0.29, 0.717) is 45.4 Å². The fourth-order valence-corrected chi connectivity index (χ4v) is 2.00. The first-order valence-electron chi connectivity index (χ1n) is 7.93. The lowest BCUT2D eigenvalue weighted by Crippen LogP contribution is -2.45. The summed E-state index contributed by atoms with van der Waals surface area (Å²) in [5, 5.41) is 0. The molecule has 1 heterocycles. The summed E-state index contributed by atoms with van der Waals surface area (Å²) in [7, 11) is 1.60. The van der Waals surface area contributed by atoms with Crippen molar-refractivity contribution in [2.75, 3.05) is 59.7 Å². The van der Waals surface area contributed by atoms with Crippen molar-refractivity contribution in [1.82, 2.24) is 9.80 Å². The molecule has 0 atom stereocenters. The lowest BCUT2D eigenvalue weighted by atomic mass is 10.2. The summed E-state index contributed by atoms with van der Waals surface area (Å²) in [6, 6.07) is 0. The molecular formula is C15H31IN4O4. The molecule has 0 aliphatic carbocycles. The molecule has 0 unspecified atom stereocenters. The highest BCUT2D eigenvalue weighted by atomic mass is 127. The number of methoxy groups -OCH3 is 1. The van der Waals surface area contributed by atoms with Crippen LogP contribution in [0.5, 0.6) is 0 Å². The molecule has 0 saturated carbocycles. The summed E-state index contributed by atoms with van der Waals surface area (Å²) in [4.78, 5) is 20.1. The maximum Gasteiger partial charge on any atom is 0.410 e. The predicted octanol–water partition coefficient (Wildman–Crippen LogP) is 1.13. The Balaban J connectivity index is 0.00000529. The Labute approximate surface area is 161 Å². The number of rotatable bonds is 6. The Bertz CT molecular complexity index is 395. The molecule has 0 radical (unpaired) electrons. The SMILES string of the molecule is COCCN(CCN=C(N)N1CCOCC1)C(=O)OC(C)(C)C.I. The smallest absolute Gasteiger partial charge is 0.410 e. The maximum atomic E-state index is 12.2. The first-order chi connectivity index (χ1) is 10.8. The first kappa shape index (κ1) is 23.2. The Morgan fingerprint density at radius 1 is 1.29 bits per heavy atom. The second-order valence-corrected chi connectivity index (χ2v) is 6.30. The van der Waals surface area contributed by atoms with Crippen molar-refractivity contribution in [3.05, 3.63) is 0 Å². The Hall–Kier alpha value is -0.810. The van der Waals surface area contributed by atoms with Crippen LogP contribution in [0.25, 0.3) is 0 Å². The second-order valence-electron chi connectivity index (χ2n) is 6.30. The molecule has 1 rings (SSSR count). The third-order valence-electron chi connectivity index (χ3n) is 3.20. The number of nitrogens with two attached hydrogens (primary N) is 1. The summed E-state index contributed by atoms with van der Waals surface area (Å²) < 4.78 is 15.7. The van der Waals surface area contributed by atoms with E-state index in [-0.39, 0.29) is 30.1 Å². The van der Waals surface area contributed by atoms with Crippen LogP contribution in [0.15, 0.2) is 4.99 Å². The van der Waals surface area contributed by atoms with Crippen molar-refractivity contribution in [3.63, 3.8) is 0 Å². The summed E-state index contributed by atoms with van der Waals surface area (Å²) in [6.45, 7) is 10.1. The van der Waals surface area contributed by atoms with E-state index >= 15 is 0 Å². The number of amides is 1. The molecule has 1 saturated heterocycles. The van der Waals surface area contributed by atoms with E-state index in [4.69, 9.17) is 19.9 Å². The van der Waals surface area contributed by atoms with E-state index in [1.54, 1.807) is 12.0 Å². The van der Waals surface area contributed by atoms with Gasteiger partial charge in [-0.2, -0.15) is 0 Å². The summed E-state index contributed by atoms with van der Waals surface area (Å²) >= 11 is 0. The molecule has 0 aromatic carbocycles. The van der Waals surface area contributed by atoms with Crippen LogP contribution < -0.4 is 5.73 Å². The molecule has 0 aromatic rings. The van der Waals surface area contributed by atoms with Gasteiger partial charge in [0.25, 0.3) is 0 Å². The van der Waals surface area contributed by atoms with Crippen molar-refractivity contribution in [1.29, 1.82) is 0 Å². The number of halogens is 1. The monoisotopic (exact) mass is 458 g/mol. The molecule has 1 amide bonds. The van der Waals surface area contributed by atoms with E-state index < -0.39 is 5.60 Å². The molecule has 0 spiro atoms. The van der Waals surface area contributed by atoms with Crippen LogP contribution in [0.4, 0.5) is 4.79 Å². The van der Waals surface area contributed by atoms with Gasteiger partial charge in [0.2, 0.25) is 0 Å². The summed E-state index contributed by atoms with van der Waals surface area (Å²) in [5.74, 6) is 0.490. The van der Waals surface area contributed by atoms with E-state index in [1.165, 1.54) is 0 Å². The maximum absolute atomic E-state index is 12.2. The van der Waals surface area contributed by atoms with Crippen LogP contribution in [-0.4, -0.2) is 87.1 Å². The molecular weight excluding hydrogens is 427 g/mol. The lowest BCUT2D eigenvalue weighted by Gasteiger charge is -2.28. The average molecular weight is 458 g/mol. The molecule has 0 bridgehead atoms. The Morgan fingerprint density at radius 2 is 1.92 bits per heavy atom. The van der Waals surface area contributed by atoms with Gasteiger partial charge in [-0.1, -0.05) is 0 Å². The van der Waals surface area contributed by atoms with Crippen LogP contribution >= 0.6 is 24.0 Å². The third kappa shape index (κ3) is 9.48. The molecule has 1 fully saturated rings. The van der Waals surface area contributed by atoms with Gasteiger partial charge in [-0.15, -0.1) is 24.0 Å². The largest absolute Gasteiger partial charge is 0.444 e. The number of hydrogen-bond acceptors (Lipinski definition) is 5. The van der Waals surface area contributed by atoms with Gasteiger partial charge in [-0.25, -0.2) is 4.79 Å². The van der Waals surface area contributed by atoms with Crippen molar-refractivity contribution < 1.29 is 19.0 Å². The highest BCUT2D eigenvalue weighted by Crippen LogP contribution is 2.09. The van der Waals surface area contributed by atoms with E-state index in [0.717, 1.165) is 13.1 Å². The van der Waals surface area contributed by atoms with Crippen LogP contribution in [0.3, 0.4) is 0 Å². The van der Waals surface area contributed by atoms with E-state index in [9.17, 15) is 4.79 Å². The average Bonchev–Trinajstić information content (AvgIpc) is 2.49. The highest BCUT2D eigenvalue weighted by Gasteiger charge is 2.21. The number of carbonyl (C=O) groups is 1. The van der Waals surface area contributed by atoms with Gasteiger partial charge in [0.05, 0.1) is 26.4 Å². The summed E-state index contributed by atoms with van der Waals surface area (Å²) in [6.07, 6.45) is -0.366. The summed E-state index contributed by atoms with van der Waals surface area (Å²) in [5.41, 5.74) is 5.44. The number of ether oxygens (including phenoxy) is 3. The minimum atomic E-state index is -0.529. The van der Waals surface area contributed by atoms with Crippen molar-refractivity contribution in [2.24, 2.45) is 10.7 Å². The number of aliphatic imine (C=N–C) groups is 1. The fraction of sp³-hybridized carbons (Fsp3) is 0.867. The zero-order chi connectivity index (χ0) is 17.3. The van der Waals surface area contributed by atoms with Gasteiger partial charge in [0.15, 0.2) is 5.96 Å². The molecule has 8 nitrogen and oxygen atoms in total. The third-order valence-corrected chi connectivity index (χ3v) is 3.20. The lowest BCUT2D eigenvalue weighted by molar-refractivity contribution is 0.0208. The van der Waals surface area contributed by atoms with Gasteiger partial charge >= 0.3 is 6.09 Å². The fourth-order valence-electron chi connectivity index (χ4n) is 2.00. The number of hydrogen-bond donors (Lipinski definition) is 1. The normalized spacial score (nSPS) is 15.7. The zero-order valence-electron chi connectivity index (χ0n) is 15.1. The molecule has 142 valence electrons. The molecule has 1 aliphatic heterocycles. The first-order valence-corrected chi connectivity index (χ1v) is 7.93. The minimum absolute atomic E-state index is 0. The number of morpholine rings is 1. The van der Waals surface area contributed by atoms with E-state index in [1.807, 2.05) is 25.7 Å². The highest BCUT2D eigenvalue weighted by molar-refractivity contribution is 14.0.